The van der Waals surface area contributed by atoms with Gasteiger partial charge in [-0.3, -0.25) is 0 Å². The van der Waals surface area contributed by atoms with Crippen molar-refractivity contribution in [3.63, 3.8) is 0 Å². The number of ether oxygens (including phenoxy) is 1. The van der Waals surface area contributed by atoms with E-state index in [0.717, 1.165) is 0 Å². The summed E-state index contributed by atoms with van der Waals surface area (Å²) in [5.74, 6) is 0.245. The van der Waals surface area contributed by atoms with Crippen molar-refractivity contribution in [3.05, 3.63) is 40.2 Å². The van der Waals surface area contributed by atoms with Gasteiger partial charge in [0.05, 0.1) is 23.0 Å². The molecule has 2 aromatic carbocycles. The third-order valence-corrected chi connectivity index (χ3v) is 6.14. The molecule has 0 saturated heterocycles. The molecule has 0 fully saturated rings. The molecule has 0 radical (unpaired) electrons. The Morgan fingerprint density at radius 1 is 1.08 bits per heavy atom. The van der Waals surface area contributed by atoms with E-state index in [-0.39, 0.29) is 21.3 Å². The number of aromatic nitrogens is 2. The number of imidazole rings is 1. The third-order valence-electron chi connectivity index (χ3n) is 3.81. The van der Waals surface area contributed by atoms with Gasteiger partial charge in [0, 0.05) is 0 Å². The Labute approximate surface area is 144 Å². The summed E-state index contributed by atoms with van der Waals surface area (Å²) in [7, 11) is -2.49. The lowest BCUT2D eigenvalue weighted by atomic mass is 10.1. The summed E-state index contributed by atoms with van der Waals surface area (Å²) < 4.78 is 32.3. The number of phenolic OH excluding ortho intramolecular Hbond substituents is 1. The molecule has 126 valence electrons. The molecule has 3 N–H and O–H groups in total. The van der Waals surface area contributed by atoms with Gasteiger partial charge < -0.3 is 19.8 Å². The highest BCUT2D eigenvalue weighted by Crippen LogP contribution is 2.37. The quantitative estimate of drug-likeness (QED) is 0.619. The maximum atomic E-state index is 13.4. The Kier molecular flexibility index (Phi) is 3.89. The highest BCUT2D eigenvalue weighted by atomic mass is 32.2. The van der Waals surface area contributed by atoms with E-state index in [1.54, 1.807) is 26.0 Å². The molecule has 0 spiro atoms. The molecule has 1 aromatic heterocycles. The Morgan fingerprint density at radius 2 is 1.71 bits per heavy atom. The predicted molar refractivity (Wildman–Crippen MR) is 93.1 cm³/mol. The minimum Gasteiger partial charge on any atom is -0.508 e. The van der Waals surface area contributed by atoms with E-state index in [9.17, 15) is 13.5 Å². The van der Waals surface area contributed by atoms with Crippen molar-refractivity contribution in [1.82, 2.24) is 9.97 Å². The minimum absolute atomic E-state index is 0.0201. The van der Waals surface area contributed by atoms with Crippen LogP contribution in [-0.4, -0.2) is 30.6 Å². The standard InChI is InChI=1S/C16H16N2O4S2/c1-8-6-10(19)7-9(2)14(8)24(20,21)15-12(22-3)5-4-11-13(15)18-16(23)17-11/h4-7,19H,1-3H3,(H2,17,18,23). The van der Waals surface area contributed by atoms with Crippen molar-refractivity contribution < 1.29 is 18.3 Å². The van der Waals surface area contributed by atoms with Crippen LogP contribution in [0.25, 0.3) is 11.0 Å². The van der Waals surface area contributed by atoms with Gasteiger partial charge in [0.15, 0.2) is 4.77 Å². The monoisotopic (exact) mass is 364 g/mol. The Morgan fingerprint density at radius 3 is 2.29 bits per heavy atom. The van der Waals surface area contributed by atoms with E-state index in [4.69, 9.17) is 17.0 Å². The van der Waals surface area contributed by atoms with Gasteiger partial charge >= 0.3 is 0 Å². The number of hydrogen-bond donors (Lipinski definition) is 3. The molecule has 3 aromatic rings. The van der Waals surface area contributed by atoms with E-state index < -0.39 is 9.84 Å². The van der Waals surface area contributed by atoms with E-state index in [1.807, 2.05) is 0 Å². The first-order chi connectivity index (χ1) is 11.3. The van der Waals surface area contributed by atoms with Crippen molar-refractivity contribution in [3.8, 4) is 11.5 Å². The maximum Gasteiger partial charge on any atom is 0.212 e. The first-order valence-corrected chi connectivity index (χ1v) is 8.99. The van der Waals surface area contributed by atoms with Gasteiger partial charge in [-0.25, -0.2) is 8.42 Å². The Hall–Kier alpha value is -2.32. The highest BCUT2D eigenvalue weighted by molar-refractivity contribution is 7.92. The second-order valence-electron chi connectivity index (χ2n) is 5.51. The van der Waals surface area contributed by atoms with Crippen LogP contribution < -0.4 is 4.74 Å². The van der Waals surface area contributed by atoms with Crippen LogP contribution in [0.3, 0.4) is 0 Å². The van der Waals surface area contributed by atoms with Gasteiger partial charge in [-0.2, -0.15) is 0 Å². The highest BCUT2D eigenvalue weighted by Gasteiger charge is 2.29. The number of rotatable bonds is 3. The van der Waals surface area contributed by atoms with Crippen LogP contribution in [0.1, 0.15) is 11.1 Å². The summed E-state index contributed by atoms with van der Waals surface area (Å²) in [5, 5.41) is 9.69. The van der Waals surface area contributed by atoms with Crippen LogP contribution in [0.4, 0.5) is 0 Å². The minimum atomic E-state index is -3.91. The molecule has 0 aliphatic heterocycles. The lowest BCUT2D eigenvalue weighted by Crippen LogP contribution is -2.09. The van der Waals surface area contributed by atoms with Gasteiger partial charge in [-0.15, -0.1) is 0 Å². The number of phenols is 1. The van der Waals surface area contributed by atoms with Gasteiger partial charge in [-0.1, -0.05) is 0 Å². The smallest absolute Gasteiger partial charge is 0.212 e. The molecule has 0 aliphatic carbocycles. The molecule has 6 nitrogen and oxygen atoms in total. The average molecular weight is 364 g/mol. The predicted octanol–water partition coefficient (Wildman–Crippen LogP) is 3.39. The second kappa shape index (κ2) is 5.64. The number of hydrogen-bond acceptors (Lipinski definition) is 5. The maximum absolute atomic E-state index is 13.4. The van der Waals surface area contributed by atoms with E-state index in [1.165, 1.54) is 19.2 Å². The molecular formula is C16H16N2O4S2. The first kappa shape index (κ1) is 16.5. The number of aromatic amines is 2. The van der Waals surface area contributed by atoms with Crippen LogP contribution in [0, 0.1) is 18.6 Å². The van der Waals surface area contributed by atoms with Crippen LogP contribution in [0.5, 0.6) is 11.5 Å². The number of aryl methyl sites for hydroxylation is 2. The first-order valence-electron chi connectivity index (χ1n) is 7.10. The third kappa shape index (κ3) is 2.47. The normalized spacial score (nSPS) is 11.8. The molecule has 3 rings (SSSR count). The summed E-state index contributed by atoms with van der Waals surface area (Å²) in [6.45, 7) is 3.29. The van der Waals surface area contributed by atoms with Crippen LogP contribution >= 0.6 is 12.2 Å². The van der Waals surface area contributed by atoms with Crippen molar-refractivity contribution in [1.29, 1.82) is 0 Å². The zero-order valence-corrected chi connectivity index (χ0v) is 14.9. The molecule has 0 atom stereocenters. The van der Waals surface area contributed by atoms with E-state index in [2.05, 4.69) is 9.97 Å². The molecule has 8 heteroatoms. The number of methoxy groups -OCH3 is 1. The van der Waals surface area contributed by atoms with Crippen molar-refractivity contribution in [2.45, 2.75) is 23.6 Å². The van der Waals surface area contributed by atoms with Gasteiger partial charge in [0.1, 0.15) is 16.4 Å². The molecule has 0 unspecified atom stereocenters. The number of sulfone groups is 1. The van der Waals surface area contributed by atoms with Crippen molar-refractivity contribution >= 4 is 33.1 Å². The van der Waals surface area contributed by atoms with Gasteiger partial charge in [0.25, 0.3) is 0 Å². The lowest BCUT2D eigenvalue weighted by molar-refractivity contribution is 0.404. The SMILES string of the molecule is COc1ccc2[nH]c(=S)[nH]c2c1S(=O)(=O)c1c(C)cc(O)cc1C. The second-order valence-corrected chi connectivity index (χ2v) is 7.74. The fourth-order valence-corrected chi connectivity index (χ4v) is 5.17. The number of aromatic hydroxyl groups is 1. The Bertz CT molecular complexity index is 1090. The van der Waals surface area contributed by atoms with Gasteiger partial charge in [0.2, 0.25) is 9.84 Å². The topological polar surface area (TPSA) is 95.2 Å². The molecule has 0 amide bonds. The van der Waals surface area contributed by atoms with Gasteiger partial charge in [-0.05, 0) is 61.5 Å². The van der Waals surface area contributed by atoms with Crippen molar-refractivity contribution in [2.75, 3.05) is 7.11 Å². The number of H-pyrrole nitrogens is 2. The summed E-state index contributed by atoms with van der Waals surface area (Å²) in [6, 6.07) is 6.13. The average Bonchev–Trinajstić information content (AvgIpc) is 2.84. The molecule has 24 heavy (non-hydrogen) atoms. The largest absolute Gasteiger partial charge is 0.508 e. The van der Waals surface area contributed by atoms with Crippen LogP contribution in [0.15, 0.2) is 34.1 Å². The summed E-state index contributed by atoms with van der Waals surface area (Å²) in [6.07, 6.45) is 0. The summed E-state index contributed by atoms with van der Waals surface area (Å²) in [5.41, 5.74) is 1.86. The number of benzene rings is 2. The summed E-state index contributed by atoms with van der Waals surface area (Å²) >= 11 is 5.08. The van der Waals surface area contributed by atoms with Crippen LogP contribution in [0.2, 0.25) is 0 Å². The fourth-order valence-electron chi connectivity index (χ4n) is 2.94. The zero-order chi connectivity index (χ0) is 17.6. The Balaban J connectivity index is 2.44. The number of nitrogens with one attached hydrogen (secondary N) is 2. The lowest BCUT2D eigenvalue weighted by Gasteiger charge is -2.15. The molecular weight excluding hydrogens is 348 g/mol. The van der Waals surface area contributed by atoms with Crippen LogP contribution in [-0.2, 0) is 9.84 Å². The van der Waals surface area contributed by atoms with Crippen molar-refractivity contribution in [2.24, 2.45) is 0 Å². The molecule has 0 saturated carbocycles. The molecule has 0 bridgehead atoms. The molecule has 0 aliphatic rings. The van der Waals surface area contributed by atoms with E-state index >= 15 is 0 Å². The van der Waals surface area contributed by atoms with E-state index in [0.29, 0.717) is 26.9 Å². The fraction of sp³-hybridized carbons (Fsp3) is 0.188. The zero-order valence-electron chi connectivity index (χ0n) is 13.3. The summed E-state index contributed by atoms with van der Waals surface area (Å²) in [4.78, 5) is 5.96. The molecule has 1 heterocycles. The number of fused-ring (bicyclic) bond motifs is 1.